The number of aromatic amines is 1. The van der Waals surface area contributed by atoms with Crippen LogP contribution >= 0.6 is 0 Å². The van der Waals surface area contributed by atoms with E-state index in [9.17, 15) is 4.79 Å². The first-order valence-corrected chi connectivity index (χ1v) is 9.45. The molecule has 0 saturated carbocycles. The summed E-state index contributed by atoms with van der Waals surface area (Å²) in [7, 11) is 1.68. The van der Waals surface area contributed by atoms with Gasteiger partial charge < -0.3 is 19.2 Å². The molecule has 0 aliphatic rings. The Kier molecular flexibility index (Phi) is 5.18. The normalized spacial score (nSPS) is 11.1. The number of nitrogens with zero attached hydrogens (tertiary/aromatic N) is 1. The number of methoxy groups -OCH3 is 1. The van der Waals surface area contributed by atoms with Gasteiger partial charge >= 0.3 is 5.97 Å². The van der Waals surface area contributed by atoms with Gasteiger partial charge in [-0.2, -0.15) is 0 Å². The van der Waals surface area contributed by atoms with E-state index in [1.807, 2.05) is 31.3 Å². The lowest BCUT2D eigenvalue weighted by molar-refractivity contribution is 0.0526. The quantitative estimate of drug-likeness (QED) is 0.462. The molecule has 0 spiro atoms. The summed E-state index contributed by atoms with van der Waals surface area (Å²) in [5.41, 5.74) is 4.35. The van der Waals surface area contributed by atoms with E-state index in [0.29, 0.717) is 24.5 Å². The Morgan fingerprint density at radius 1 is 1.07 bits per heavy atom. The number of fused-ring (bicyclic) bond motifs is 3. The van der Waals surface area contributed by atoms with E-state index in [2.05, 4.69) is 9.97 Å². The van der Waals surface area contributed by atoms with Crippen molar-refractivity contribution in [3.63, 3.8) is 0 Å². The molecule has 148 valence electrons. The summed E-state index contributed by atoms with van der Waals surface area (Å²) in [6.07, 6.45) is 1.84. The number of hydrogen-bond donors (Lipinski definition) is 1. The fourth-order valence-electron chi connectivity index (χ4n) is 3.47. The molecule has 4 rings (SSSR count). The molecule has 1 N–H and O–H groups in total. The number of aromatic nitrogens is 2. The van der Waals surface area contributed by atoms with Gasteiger partial charge in [-0.15, -0.1) is 0 Å². The van der Waals surface area contributed by atoms with Crippen LogP contribution in [0.1, 0.15) is 28.5 Å². The molecule has 0 aliphatic heterocycles. The van der Waals surface area contributed by atoms with Crippen molar-refractivity contribution in [3.8, 4) is 11.5 Å². The van der Waals surface area contributed by atoms with Crippen LogP contribution in [0.15, 0.2) is 48.7 Å². The van der Waals surface area contributed by atoms with Gasteiger partial charge in [0.2, 0.25) is 0 Å². The highest BCUT2D eigenvalue weighted by Crippen LogP contribution is 2.38. The van der Waals surface area contributed by atoms with Crippen LogP contribution in [0.2, 0.25) is 0 Å². The maximum absolute atomic E-state index is 11.8. The fraction of sp³-hybridized carbons (Fsp3) is 0.217. The molecule has 0 saturated heterocycles. The minimum Gasteiger partial charge on any atom is -0.462 e. The van der Waals surface area contributed by atoms with Crippen molar-refractivity contribution in [3.05, 3.63) is 65.5 Å². The van der Waals surface area contributed by atoms with Gasteiger partial charge in [0, 0.05) is 23.8 Å². The number of esters is 1. The van der Waals surface area contributed by atoms with Crippen molar-refractivity contribution in [1.29, 1.82) is 0 Å². The zero-order valence-corrected chi connectivity index (χ0v) is 16.6. The monoisotopic (exact) mass is 390 g/mol. The third-order valence-corrected chi connectivity index (χ3v) is 4.82. The molecule has 2 heterocycles. The minimum atomic E-state index is -0.343. The number of carbonyl (C=O) groups is 1. The lowest BCUT2D eigenvalue weighted by Gasteiger charge is -2.10. The molecule has 0 bridgehead atoms. The molecule has 0 aliphatic carbocycles. The lowest BCUT2D eigenvalue weighted by Crippen LogP contribution is -2.04. The second-order valence-corrected chi connectivity index (χ2v) is 6.69. The minimum absolute atomic E-state index is 0.343. The predicted octanol–water partition coefficient (Wildman–Crippen LogP) is 5.14. The zero-order valence-electron chi connectivity index (χ0n) is 16.6. The van der Waals surface area contributed by atoms with Crippen molar-refractivity contribution in [2.45, 2.75) is 20.5 Å². The van der Waals surface area contributed by atoms with E-state index in [4.69, 9.17) is 14.2 Å². The van der Waals surface area contributed by atoms with Crippen LogP contribution in [0.5, 0.6) is 11.5 Å². The van der Waals surface area contributed by atoms with Crippen LogP contribution in [0, 0.1) is 6.92 Å². The van der Waals surface area contributed by atoms with Crippen LogP contribution in [0.3, 0.4) is 0 Å². The second kappa shape index (κ2) is 7.93. The van der Waals surface area contributed by atoms with Crippen LogP contribution in [0.4, 0.5) is 0 Å². The average Bonchev–Trinajstić information content (AvgIpc) is 3.11. The van der Waals surface area contributed by atoms with E-state index < -0.39 is 0 Å². The first kappa shape index (κ1) is 19.0. The summed E-state index contributed by atoms with van der Waals surface area (Å²) in [6, 6.07) is 12.8. The Balaban J connectivity index is 1.78. The lowest BCUT2D eigenvalue weighted by atomic mass is 10.1. The van der Waals surface area contributed by atoms with Gasteiger partial charge in [-0.1, -0.05) is 6.07 Å². The summed E-state index contributed by atoms with van der Waals surface area (Å²) in [5, 5.41) is 2.03. The molecular weight excluding hydrogens is 368 g/mol. The number of hydrogen-bond acceptors (Lipinski definition) is 5. The maximum atomic E-state index is 11.8. The summed E-state index contributed by atoms with van der Waals surface area (Å²) < 4.78 is 16.6. The molecule has 4 aromatic rings. The third-order valence-electron chi connectivity index (χ3n) is 4.82. The Hall–Kier alpha value is -3.38. The molecular formula is C23H22N2O4. The highest BCUT2D eigenvalue weighted by molar-refractivity contribution is 6.12. The topological polar surface area (TPSA) is 73.4 Å². The number of aryl methyl sites for hydroxylation is 1. The van der Waals surface area contributed by atoms with Gasteiger partial charge in [-0.3, -0.25) is 4.98 Å². The van der Waals surface area contributed by atoms with Gasteiger partial charge in [-0.05, 0) is 50.2 Å². The molecule has 6 heteroatoms. The predicted molar refractivity (Wildman–Crippen MR) is 112 cm³/mol. The number of benzene rings is 2. The van der Waals surface area contributed by atoms with Crippen molar-refractivity contribution in [1.82, 2.24) is 9.97 Å². The number of carbonyl (C=O) groups excluding carboxylic acids is 1. The first-order valence-electron chi connectivity index (χ1n) is 9.45. The van der Waals surface area contributed by atoms with Gasteiger partial charge in [0.1, 0.15) is 11.5 Å². The summed E-state index contributed by atoms with van der Waals surface area (Å²) in [6.45, 7) is 4.57. The van der Waals surface area contributed by atoms with Crippen LogP contribution < -0.4 is 4.74 Å². The highest BCUT2D eigenvalue weighted by Gasteiger charge is 2.16. The second-order valence-electron chi connectivity index (χ2n) is 6.69. The molecule has 0 fully saturated rings. The van der Waals surface area contributed by atoms with Crippen molar-refractivity contribution in [2.75, 3.05) is 13.7 Å². The number of nitrogens with one attached hydrogen (secondary N) is 1. The van der Waals surface area contributed by atoms with Crippen molar-refractivity contribution >= 4 is 27.8 Å². The molecule has 0 amide bonds. The standard InChI is InChI=1S/C23H22N2O4/c1-4-28-23(26)15-8-10-16(11-9-15)29-20-7-5-6-18-22(20)21-17(13-27-3)14(2)24-12-19(21)25-18/h5-12,25H,4,13H2,1-3H3. The number of rotatable bonds is 6. The van der Waals surface area contributed by atoms with E-state index in [1.54, 1.807) is 38.3 Å². The Morgan fingerprint density at radius 3 is 2.59 bits per heavy atom. The summed E-state index contributed by atoms with van der Waals surface area (Å²) in [5.74, 6) is 1.02. The van der Waals surface area contributed by atoms with Gasteiger partial charge in [-0.25, -0.2) is 4.79 Å². The number of H-pyrrole nitrogens is 1. The molecule has 2 aromatic heterocycles. The smallest absolute Gasteiger partial charge is 0.338 e. The maximum Gasteiger partial charge on any atom is 0.338 e. The van der Waals surface area contributed by atoms with Crippen molar-refractivity contribution < 1.29 is 19.0 Å². The summed E-state index contributed by atoms with van der Waals surface area (Å²) >= 11 is 0. The number of ether oxygens (including phenoxy) is 3. The Labute approximate surface area is 168 Å². The Morgan fingerprint density at radius 2 is 1.86 bits per heavy atom. The molecule has 29 heavy (non-hydrogen) atoms. The molecule has 2 aromatic carbocycles. The molecule has 0 atom stereocenters. The molecule has 0 radical (unpaired) electrons. The van der Waals surface area contributed by atoms with Crippen LogP contribution in [-0.2, 0) is 16.1 Å². The third kappa shape index (κ3) is 3.54. The zero-order chi connectivity index (χ0) is 20.4. The molecule has 6 nitrogen and oxygen atoms in total. The van der Waals surface area contributed by atoms with Crippen LogP contribution in [-0.4, -0.2) is 29.7 Å². The van der Waals surface area contributed by atoms with E-state index >= 15 is 0 Å². The first-order chi connectivity index (χ1) is 14.1. The van der Waals surface area contributed by atoms with Crippen molar-refractivity contribution in [2.24, 2.45) is 0 Å². The van der Waals surface area contributed by atoms with Gasteiger partial charge in [0.05, 0.1) is 41.4 Å². The van der Waals surface area contributed by atoms with E-state index in [1.165, 1.54) is 0 Å². The molecule has 0 unspecified atom stereocenters. The van der Waals surface area contributed by atoms with E-state index in [-0.39, 0.29) is 5.97 Å². The van der Waals surface area contributed by atoms with E-state index in [0.717, 1.165) is 38.8 Å². The largest absolute Gasteiger partial charge is 0.462 e. The number of pyridine rings is 1. The fourth-order valence-corrected chi connectivity index (χ4v) is 3.47. The van der Waals surface area contributed by atoms with Crippen LogP contribution in [0.25, 0.3) is 21.8 Å². The van der Waals surface area contributed by atoms with Gasteiger partial charge in [0.15, 0.2) is 0 Å². The Bertz CT molecular complexity index is 1180. The SMILES string of the molecule is CCOC(=O)c1ccc(Oc2cccc3[nH]c4cnc(C)c(COC)c4c23)cc1. The highest BCUT2D eigenvalue weighted by atomic mass is 16.5. The summed E-state index contributed by atoms with van der Waals surface area (Å²) in [4.78, 5) is 19.7. The average molecular weight is 390 g/mol. The van der Waals surface area contributed by atoms with Gasteiger partial charge in [0.25, 0.3) is 0 Å².